The Hall–Kier alpha value is -3.74. The molecule has 1 saturated carbocycles. The summed E-state index contributed by atoms with van der Waals surface area (Å²) < 4.78 is 1.62. The maximum atomic E-state index is 9.41. The molecule has 2 N–H and O–H groups in total. The van der Waals surface area contributed by atoms with Crippen molar-refractivity contribution in [3.63, 3.8) is 0 Å². The van der Waals surface area contributed by atoms with Gasteiger partial charge in [0.15, 0.2) is 23.5 Å². The Morgan fingerprint density at radius 3 is 2.93 bits per heavy atom. The Morgan fingerprint density at radius 1 is 1.29 bits per heavy atom. The van der Waals surface area contributed by atoms with Gasteiger partial charge in [0.2, 0.25) is 0 Å². The monoisotopic (exact) mass is 374 g/mol. The summed E-state index contributed by atoms with van der Waals surface area (Å²) in [5, 5.41) is 34.2. The molecule has 3 heterocycles. The average Bonchev–Trinajstić information content (AvgIpc) is 3.24. The highest BCUT2D eigenvalue weighted by atomic mass is 15.5. The lowest BCUT2D eigenvalue weighted by Crippen LogP contribution is -2.40. The van der Waals surface area contributed by atoms with Crippen LogP contribution in [0.15, 0.2) is 46.1 Å². The van der Waals surface area contributed by atoms with E-state index >= 15 is 0 Å². The molecule has 10 heteroatoms. The summed E-state index contributed by atoms with van der Waals surface area (Å²) in [6.07, 6.45) is 4.25. The number of amidine groups is 2. The quantitative estimate of drug-likeness (QED) is 0.814. The molecule has 0 radical (unpaired) electrons. The van der Waals surface area contributed by atoms with Gasteiger partial charge in [0.25, 0.3) is 0 Å². The summed E-state index contributed by atoms with van der Waals surface area (Å²) in [6, 6.07) is 10.2. The van der Waals surface area contributed by atoms with Crippen LogP contribution < -0.4 is 10.6 Å². The number of nitrogens with zero attached hydrogens (tertiary/aromatic N) is 8. The number of rotatable bonds is 4. The zero-order valence-electron chi connectivity index (χ0n) is 15.2. The number of nitriles is 1. The molecule has 0 bridgehead atoms. The van der Waals surface area contributed by atoms with E-state index in [1.807, 2.05) is 30.3 Å². The summed E-state index contributed by atoms with van der Waals surface area (Å²) in [5.41, 5.74) is 2.66. The van der Waals surface area contributed by atoms with Crippen molar-refractivity contribution in [2.45, 2.75) is 24.9 Å². The highest BCUT2D eigenvalue weighted by Crippen LogP contribution is 2.26. The fourth-order valence-electron chi connectivity index (χ4n) is 3.21. The second-order valence-corrected chi connectivity index (χ2v) is 6.95. The SMILES string of the molecule is Cn1nnnc1-c1cccc(NC2=NN3C(=NCC3C#N)C(NC3CC3)=C2)c1. The van der Waals surface area contributed by atoms with Crippen LogP contribution in [-0.4, -0.2) is 55.5 Å². The van der Waals surface area contributed by atoms with E-state index < -0.39 is 0 Å². The van der Waals surface area contributed by atoms with Crippen molar-refractivity contribution in [3.05, 3.63) is 36.0 Å². The van der Waals surface area contributed by atoms with Gasteiger partial charge in [-0.3, -0.25) is 4.99 Å². The lowest BCUT2D eigenvalue weighted by molar-refractivity contribution is 0.417. The van der Waals surface area contributed by atoms with Crippen LogP contribution in [0.25, 0.3) is 11.4 Å². The Labute approximate surface area is 161 Å². The summed E-state index contributed by atoms with van der Waals surface area (Å²) in [6.45, 7) is 0.431. The van der Waals surface area contributed by atoms with Crippen LogP contribution in [0.2, 0.25) is 0 Å². The molecule has 2 aromatic rings. The Morgan fingerprint density at radius 2 is 2.18 bits per heavy atom. The molecule has 1 aromatic carbocycles. The molecule has 0 spiro atoms. The van der Waals surface area contributed by atoms with Gasteiger partial charge in [-0.2, -0.15) is 10.4 Å². The normalized spacial score (nSPS) is 20.6. The zero-order chi connectivity index (χ0) is 19.1. The van der Waals surface area contributed by atoms with Crippen LogP contribution in [0.3, 0.4) is 0 Å². The van der Waals surface area contributed by atoms with Crippen molar-refractivity contribution >= 4 is 17.4 Å². The number of nitrogens with one attached hydrogen (secondary N) is 2. The van der Waals surface area contributed by atoms with Gasteiger partial charge < -0.3 is 10.6 Å². The number of hydrazone groups is 1. The Kier molecular flexibility index (Phi) is 3.79. The summed E-state index contributed by atoms with van der Waals surface area (Å²) in [4.78, 5) is 4.50. The lowest BCUT2D eigenvalue weighted by atomic mass is 10.2. The van der Waals surface area contributed by atoms with E-state index in [1.165, 1.54) is 0 Å². The number of aromatic nitrogens is 4. The Balaban J connectivity index is 1.44. The van der Waals surface area contributed by atoms with Crippen molar-refractivity contribution in [1.29, 1.82) is 5.26 Å². The van der Waals surface area contributed by atoms with E-state index in [0.717, 1.165) is 35.6 Å². The van der Waals surface area contributed by atoms with Crippen LogP contribution in [-0.2, 0) is 7.05 Å². The molecule has 1 fully saturated rings. The number of aryl methyl sites for hydroxylation is 1. The standard InChI is InChI=1S/C18H18N10/c1-27-17(23-25-26-27)11-3-2-4-13(7-11)22-16-8-15(21-12-5-6-12)18-20-10-14(9-19)28(18)24-16/h2-4,7-8,12,14,21H,5-6,10H2,1H3,(H,22,24). The van der Waals surface area contributed by atoms with E-state index in [1.54, 1.807) is 16.7 Å². The molecule has 1 aliphatic carbocycles. The molecular formula is C18H18N10. The highest BCUT2D eigenvalue weighted by molar-refractivity contribution is 6.13. The van der Waals surface area contributed by atoms with Crippen LogP contribution in [0.4, 0.5) is 5.69 Å². The third kappa shape index (κ3) is 2.96. The number of hydrogen-bond donors (Lipinski definition) is 2. The lowest BCUT2D eigenvalue weighted by Gasteiger charge is -2.26. The minimum atomic E-state index is -0.382. The second-order valence-electron chi connectivity index (χ2n) is 6.95. The third-order valence-electron chi connectivity index (χ3n) is 4.76. The van der Waals surface area contributed by atoms with E-state index in [9.17, 15) is 5.26 Å². The molecule has 3 aliphatic rings. The second kappa shape index (κ2) is 6.45. The van der Waals surface area contributed by atoms with E-state index in [2.05, 4.69) is 42.3 Å². The zero-order valence-corrected chi connectivity index (χ0v) is 15.2. The fourth-order valence-corrected chi connectivity index (χ4v) is 3.21. The largest absolute Gasteiger partial charge is 0.379 e. The van der Waals surface area contributed by atoms with Gasteiger partial charge in [-0.1, -0.05) is 12.1 Å². The third-order valence-corrected chi connectivity index (χ3v) is 4.76. The molecular weight excluding hydrogens is 356 g/mol. The van der Waals surface area contributed by atoms with Crippen LogP contribution in [0, 0.1) is 11.3 Å². The summed E-state index contributed by atoms with van der Waals surface area (Å²) >= 11 is 0. The average molecular weight is 374 g/mol. The van der Waals surface area contributed by atoms with Crippen LogP contribution in [0.5, 0.6) is 0 Å². The van der Waals surface area contributed by atoms with Crippen molar-refractivity contribution in [1.82, 2.24) is 30.5 Å². The molecule has 0 amide bonds. The van der Waals surface area contributed by atoms with E-state index in [4.69, 9.17) is 0 Å². The molecule has 0 saturated heterocycles. The van der Waals surface area contributed by atoms with Crippen molar-refractivity contribution in [2.75, 3.05) is 11.9 Å². The number of benzene rings is 1. The molecule has 5 rings (SSSR count). The Bertz CT molecular complexity index is 1050. The molecule has 1 aromatic heterocycles. The van der Waals surface area contributed by atoms with E-state index in [0.29, 0.717) is 24.2 Å². The molecule has 1 atom stereocenters. The van der Waals surface area contributed by atoms with Gasteiger partial charge >= 0.3 is 0 Å². The first-order valence-electron chi connectivity index (χ1n) is 9.11. The summed E-state index contributed by atoms with van der Waals surface area (Å²) in [7, 11) is 1.80. The first-order chi connectivity index (χ1) is 13.7. The fraction of sp³-hybridized carbons (Fsp3) is 0.333. The predicted molar refractivity (Wildman–Crippen MR) is 103 cm³/mol. The number of fused-ring (bicyclic) bond motifs is 1. The van der Waals surface area contributed by atoms with Crippen LogP contribution >= 0.6 is 0 Å². The minimum absolute atomic E-state index is 0.382. The number of aliphatic imine (C=N–C) groups is 1. The van der Waals surface area contributed by atoms with Gasteiger partial charge in [-0.25, -0.2) is 9.69 Å². The molecule has 10 nitrogen and oxygen atoms in total. The number of hydrogen-bond acceptors (Lipinski definition) is 9. The highest BCUT2D eigenvalue weighted by Gasteiger charge is 2.35. The maximum Gasteiger partial charge on any atom is 0.181 e. The number of tetrazole rings is 1. The minimum Gasteiger partial charge on any atom is -0.379 e. The predicted octanol–water partition coefficient (Wildman–Crippen LogP) is 0.858. The first kappa shape index (κ1) is 16.4. The van der Waals surface area contributed by atoms with Gasteiger partial charge in [0.05, 0.1) is 18.3 Å². The molecule has 1 unspecified atom stereocenters. The maximum absolute atomic E-state index is 9.41. The van der Waals surface area contributed by atoms with Gasteiger partial charge in [-0.15, -0.1) is 5.10 Å². The van der Waals surface area contributed by atoms with Gasteiger partial charge in [-0.05, 0) is 35.4 Å². The van der Waals surface area contributed by atoms with Gasteiger partial charge in [0, 0.05) is 30.4 Å². The summed E-state index contributed by atoms with van der Waals surface area (Å²) in [5.74, 6) is 2.07. The van der Waals surface area contributed by atoms with Gasteiger partial charge in [0.1, 0.15) is 0 Å². The number of anilines is 1. The van der Waals surface area contributed by atoms with Crippen LogP contribution in [0.1, 0.15) is 12.8 Å². The molecule has 28 heavy (non-hydrogen) atoms. The van der Waals surface area contributed by atoms with Crippen molar-refractivity contribution in [3.8, 4) is 17.5 Å². The van der Waals surface area contributed by atoms with E-state index in [-0.39, 0.29) is 6.04 Å². The topological polar surface area (TPSA) is 119 Å². The molecule has 2 aliphatic heterocycles. The molecule has 140 valence electrons. The van der Waals surface area contributed by atoms with Crippen molar-refractivity contribution < 1.29 is 0 Å². The van der Waals surface area contributed by atoms with Crippen molar-refractivity contribution in [2.24, 2.45) is 17.1 Å². The first-order valence-corrected chi connectivity index (χ1v) is 9.11. The smallest absolute Gasteiger partial charge is 0.181 e.